The fraction of sp³-hybridized carbons (Fsp3) is 0.167. The summed E-state index contributed by atoms with van der Waals surface area (Å²) < 4.78 is 26.2. The van der Waals surface area contributed by atoms with Crippen molar-refractivity contribution < 1.29 is 8.42 Å². The maximum atomic E-state index is 12.5. The number of hydrogen-bond donors (Lipinski definition) is 0. The van der Waals surface area contributed by atoms with Gasteiger partial charge in [-0.05, 0) is 37.6 Å². The van der Waals surface area contributed by atoms with Crippen molar-refractivity contribution in [1.29, 1.82) is 0 Å². The second-order valence-corrected chi connectivity index (χ2v) is 7.16. The summed E-state index contributed by atoms with van der Waals surface area (Å²) in [5.74, 6) is 0. The van der Waals surface area contributed by atoms with Crippen LogP contribution in [0, 0.1) is 13.8 Å². The molecule has 0 fully saturated rings. The number of aromatic nitrogens is 1. The summed E-state index contributed by atoms with van der Waals surface area (Å²) in [5, 5.41) is 0.400. The Hall–Kier alpha value is -0.680. The van der Waals surface area contributed by atoms with Gasteiger partial charge in [-0.2, -0.15) is 0 Å². The van der Waals surface area contributed by atoms with E-state index < -0.39 is 10.0 Å². The molecule has 0 bridgehead atoms. The van der Waals surface area contributed by atoms with E-state index in [1.165, 1.54) is 22.3 Å². The minimum atomic E-state index is -3.78. The summed E-state index contributed by atoms with van der Waals surface area (Å²) in [4.78, 5) is -0.0673. The first-order valence-electron chi connectivity index (χ1n) is 5.29. The quantitative estimate of drug-likeness (QED) is 0.766. The number of halogens is 3. The van der Waals surface area contributed by atoms with Crippen LogP contribution in [0.15, 0.2) is 29.3 Å². The molecule has 1 heterocycles. The zero-order valence-corrected chi connectivity index (χ0v) is 13.2. The maximum Gasteiger partial charge on any atom is 0.269 e. The van der Waals surface area contributed by atoms with Crippen LogP contribution in [0.3, 0.4) is 0 Å². The highest BCUT2D eigenvalue weighted by Crippen LogP contribution is 2.33. The van der Waals surface area contributed by atoms with E-state index >= 15 is 0 Å². The molecule has 102 valence electrons. The molecular formula is C12H10Cl3NO2S. The molecule has 0 N–H and O–H groups in total. The Morgan fingerprint density at radius 3 is 2.05 bits per heavy atom. The van der Waals surface area contributed by atoms with Crippen molar-refractivity contribution in [3.05, 3.63) is 50.7 Å². The van der Waals surface area contributed by atoms with Gasteiger partial charge in [-0.1, -0.05) is 34.8 Å². The van der Waals surface area contributed by atoms with E-state index in [0.717, 1.165) is 5.56 Å². The van der Waals surface area contributed by atoms with Crippen LogP contribution in [0.5, 0.6) is 0 Å². The number of aryl methyl sites for hydroxylation is 2. The van der Waals surface area contributed by atoms with Gasteiger partial charge in [-0.3, -0.25) is 0 Å². The molecule has 0 saturated carbocycles. The average Bonchev–Trinajstić information content (AvgIpc) is 2.63. The highest BCUT2D eigenvalue weighted by atomic mass is 35.5. The molecule has 0 atom stereocenters. The molecule has 0 radical (unpaired) electrons. The lowest BCUT2D eigenvalue weighted by molar-refractivity contribution is 0.586. The maximum absolute atomic E-state index is 12.5. The summed E-state index contributed by atoms with van der Waals surface area (Å²) >= 11 is 17.6. The Balaban J connectivity index is 2.70. The van der Waals surface area contributed by atoms with Crippen molar-refractivity contribution in [3.8, 4) is 0 Å². The first kappa shape index (κ1) is 14.7. The van der Waals surface area contributed by atoms with Crippen molar-refractivity contribution in [2.24, 2.45) is 0 Å². The molecule has 0 amide bonds. The van der Waals surface area contributed by atoms with Gasteiger partial charge in [0.2, 0.25) is 0 Å². The molecule has 0 unspecified atom stereocenters. The van der Waals surface area contributed by atoms with E-state index in [9.17, 15) is 8.42 Å². The second-order valence-electron chi connectivity index (χ2n) is 4.16. The van der Waals surface area contributed by atoms with Crippen molar-refractivity contribution >= 4 is 44.8 Å². The van der Waals surface area contributed by atoms with Gasteiger partial charge in [-0.25, -0.2) is 12.4 Å². The monoisotopic (exact) mass is 337 g/mol. The summed E-state index contributed by atoms with van der Waals surface area (Å²) in [6.45, 7) is 3.52. The third kappa shape index (κ3) is 2.63. The van der Waals surface area contributed by atoms with Crippen molar-refractivity contribution in [2.45, 2.75) is 18.7 Å². The van der Waals surface area contributed by atoms with E-state index in [2.05, 4.69) is 0 Å². The third-order valence-electron chi connectivity index (χ3n) is 2.62. The van der Waals surface area contributed by atoms with E-state index in [1.54, 1.807) is 13.0 Å². The Bertz CT molecular complexity index is 751. The molecular weight excluding hydrogens is 329 g/mol. The lowest BCUT2D eigenvalue weighted by atomic mass is 10.4. The van der Waals surface area contributed by atoms with E-state index in [4.69, 9.17) is 34.8 Å². The molecule has 0 aliphatic rings. The first-order chi connectivity index (χ1) is 8.73. The molecule has 0 saturated heterocycles. The van der Waals surface area contributed by atoms with Gasteiger partial charge in [0.05, 0.1) is 15.1 Å². The molecule has 7 heteroatoms. The van der Waals surface area contributed by atoms with E-state index in [0.29, 0.717) is 5.69 Å². The van der Waals surface area contributed by atoms with Crippen molar-refractivity contribution in [1.82, 2.24) is 3.97 Å². The molecule has 2 rings (SSSR count). The molecule has 0 spiro atoms. The van der Waals surface area contributed by atoms with Gasteiger partial charge in [0.1, 0.15) is 4.90 Å². The molecule has 3 nitrogen and oxygen atoms in total. The Morgan fingerprint density at radius 2 is 1.53 bits per heavy atom. The van der Waals surface area contributed by atoms with Crippen LogP contribution in [0.4, 0.5) is 0 Å². The van der Waals surface area contributed by atoms with E-state index in [1.807, 2.05) is 6.92 Å². The Kier molecular flexibility index (Phi) is 3.89. The molecule has 1 aromatic carbocycles. The van der Waals surface area contributed by atoms with Crippen LogP contribution in [0.2, 0.25) is 15.1 Å². The largest absolute Gasteiger partial charge is 0.269 e. The summed E-state index contributed by atoms with van der Waals surface area (Å²) in [6, 6.07) is 4.35. The molecule has 0 aliphatic heterocycles. The lowest BCUT2D eigenvalue weighted by Crippen LogP contribution is -2.14. The van der Waals surface area contributed by atoms with Gasteiger partial charge in [0.15, 0.2) is 0 Å². The third-order valence-corrected chi connectivity index (χ3v) is 5.57. The predicted octanol–water partition coefficient (Wildman–Crippen LogP) is 4.30. The van der Waals surface area contributed by atoms with E-state index in [-0.39, 0.29) is 20.0 Å². The van der Waals surface area contributed by atoms with Crippen molar-refractivity contribution in [3.63, 3.8) is 0 Å². The number of nitrogens with zero attached hydrogens (tertiary/aromatic N) is 1. The topological polar surface area (TPSA) is 39.1 Å². The van der Waals surface area contributed by atoms with Crippen LogP contribution >= 0.6 is 34.8 Å². The zero-order chi connectivity index (χ0) is 14.4. The molecule has 1 aromatic heterocycles. The van der Waals surface area contributed by atoms with Crippen LogP contribution in [-0.2, 0) is 10.0 Å². The summed E-state index contributed by atoms with van der Waals surface area (Å²) in [5.41, 5.74) is 1.44. The Morgan fingerprint density at radius 1 is 0.947 bits per heavy atom. The normalized spacial score (nSPS) is 11.8. The summed E-state index contributed by atoms with van der Waals surface area (Å²) in [6.07, 6.45) is 1.53. The minimum Gasteiger partial charge on any atom is -0.246 e. The fourth-order valence-electron chi connectivity index (χ4n) is 1.78. The minimum absolute atomic E-state index is 0.0418. The van der Waals surface area contributed by atoms with Crippen LogP contribution in [0.1, 0.15) is 11.3 Å². The van der Waals surface area contributed by atoms with Gasteiger partial charge in [0.25, 0.3) is 10.0 Å². The highest BCUT2D eigenvalue weighted by Gasteiger charge is 2.23. The standard InChI is InChI=1S/C12H10Cl3NO2S/c1-7-3-8(2)16(6-7)19(17,18)12-5-10(14)9(13)4-11(12)15/h3-6H,1-2H3. The van der Waals surface area contributed by atoms with Crippen LogP contribution in [-0.4, -0.2) is 12.4 Å². The van der Waals surface area contributed by atoms with Crippen LogP contribution in [0.25, 0.3) is 0 Å². The number of hydrogen-bond acceptors (Lipinski definition) is 2. The van der Waals surface area contributed by atoms with Crippen molar-refractivity contribution in [2.75, 3.05) is 0 Å². The van der Waals surface area contributed by atoms with Gasteiger partial charge in [0, 0.05) is 11.9 Å². The smallest absolute Gasteiger partial charge is 0.246 e. The fourth-order valence-corrected chi connectivity index (χ4v) is 4.21. The van der Waals surface area contributed by atoms with Crippen LogP contribution < -0.4 is 0 Å². The number of rotatable bonds is 2. The SMILES string of the molecule is Cc1cc(C)n(S(=O)(=O)c2cc(Cl)c(Cl)cc2Cl)c1. The Labute approximate surface area is 126 Å². The zero-order valence-electron chi connectivity index (χ0n) is 10.1. The second kappa shape index (κ2) is 5.02. The first-order valence-corrected chi connectivity index (χ1v) is 7.86. The molecule has 2 aromatic rings. The lowest BCUT2D eigenvalue weighted by Gasteiger charge is -2.10. The summed E-state index contributed by atoms with van der Waals surface area (Å²) in [7, 11) is -3.78. The van der Waals surface area contributed by atoms with Gasteiger partial charge < -0.3 is 0 Å². The molecule has 0 aliphatic carbocycles. The average molecular weight is 339 g/mol. The predicted molar refractivity (Wildman–Crippen MR) is 78.0 cm³/mol. The van der Waals surface area contributed by atoms with Gasteiger partial charge in [-0.15, -0.1) is 0 Å². The highest BCUT2D eigenvalue weighted by molar-refractivity contribution is 7.90. The molecule has 19 heavy (non-hydrogen) atoms. The number of benzene rings is 1. The van der Waals surface area contributed by atoms with Gasteiger partial charge >= 0.3 is 0 Å².